The van der Waals surface area contributed by atoms with E-state index in [0.717, 1.165) is 34.3 Å². The molecule has 0 spiro atoms. The second-order valence-corrected chi connectivity index (χ2v) is 8.18. The predicted octanol–water partition coefficient (Wildman–Crippen LogP) is 3.46. The fourth-order valence-corrected chi connectivity index (χ4v) is 4.06. The minimum absolute atomic E-state index is 0.162. The molecule has 8 heteroatoms. The van der Waals surface area contributed by atoms with Crippen molar-refractivity contribution in [3.63, 3.8) is 0 Å². The summed E-state index contributed by atoms with van der Waals surface area (Å²) in [5.41, 5.74) is 3.48. The first-order valence-corrected chi connectivity index (χ1v) is 10.5. The van der Waals surface area contributed by atoms with Crippen molar-refractivity contribution in [2.45, 2.75) is 27.3 Å². The van der Waals surface area contributed by atoms with Gasteiger partial charge in [-0.2, -0.15) is 5.10 Å². The number of hydrogen-bond acceptors (Lipinski definition) is 6. The van der Waals surface area contributed by atoms with E-state index in [2.05, 4.69) is 28.4 Å². The Bertz CT molecular complexity index is 1030. The zero-order valence-electron chi connectivity index (χ0n) is 16.8. The van der Waals surface area contributed by atoms with Gasteiger partial charge in [0, 0.05) is 29.7 Å². The van der Waals surface area contributed by atoms with Crippen LogP contribution in [-0.4, -0.2) is 40.4 Å². The first-order valence-electron chi connectivity index (χ1n) is 9.64. The smallest absolute Gasteiger partial charge is 0.270 e. The van der Waals surface area contributed by atoms with E-state index in [-0.39, 0.29) is 11.8 Å². The zero-order chi connectivity index (χ0) is 20.4. The standard InChI is InChI=1S/C21H24N4O3S/c1-13(11-25-15(3)8-14(2)24-25)10-22-20(26)17-12-29-21(23-17)16-4-5-18-19(9-16)28-7-6-27-18/h4-5,8-9,12-13H,6-7,10-11H2,1-3H3,(H,22,26). The zero-order valence-corrected chi connectivity index (χ0v) is 17.6. The molecule has 7 nitrogen and oxygen atoms in total. The molecule has 4 rings (SSSR count). The number of aromatic nitrogens is 3. The molecule has 0 saturated heterocycles. The van der Waals surface area contributed by atoms with Crippen LogP contribution in [-0.2, 0) is 6.54 Å². The molecule has 2 aromatic heterocycles. The quantitative estimate of drug-likeness (QED) is 0.671. The number of ether oxygens (including phenoxy) is 2. The third kappa shape index (κ3) is 4.42. The first-order chi connectivity index (χ1) is 14.0. The molecule has 1 aromatic carbocycles. The van der Waals surface area contributed by atoms with Crippen LogP contribution in [0, 0.1) is 19.8 Å². The number of aryl methyl sites for hydroxylation is 2. The lowest BCUT2D eigenvalue weighted by molar-refractivity contribution is 0.0942. The molecule has 0 aliphatic carbocycles. The van der Waals surface area contributed by atoms with E-state index in [1.807, 2.05) is 36.7 Å². The SMILES string of the molecule is Cc1cc(C)n(CC(C)CNC(=O)c2csc(-c3ccc4c(c3)OCCO4)n2)n1. The molecular weight excluding hydrogens is 388 g/mol. The number of fused-ring (bicyclic) bond motifs is 1. The highest BCUT2D eigenvalue weighted by atomic mass is 32.1. The van der Waals surface area contributed by atoms with E-state index < -0.39 is 0 Å². The Morgan fingerprint density at radius 3 is 2.79 bits per heavy atom. The van der Waals surface area contributed by atoms with Crippen LogP contribution in [0.25, 0.3) is 10.6 Å². The summed E-state index contributed by atoms with van der Waals surface area (Å²) >= 11 is 1.44. The molecule has 0 radical (unpaired) electrons. The maximum Gasteiger partial charge on any atom is 0.270 e. The van der Waals surface area contributed by atoms with Gasteiger partial charge in [-0.3, -0.25) is 9.48 Å². The molecule has 0 bridgehead atoms. The van der Waals surface area contributed by atoms with Crippen molar-refractivity contribution in [1.82, 2.24) is 20.1 Å². The van der Waals surface area contributed by atoms with Crippen molar-refractivity contribution in [2.75, 3.05) is 19.8 Å². The van der Waals surface area contributed by atoms with Crippen molar-refractivity contribution < 1.29 is 14.3 Å². The molecule has 1 unspecified atom stereocenters. The van der Waals surface area contributed by atoms with Gasteiger partial charge in [-0.15, -0.1) is 11.3 Å². The predicted molar refractivity (Wildman–Crippen MR) is 112 cm³/mol. The summed E-state index contributed by atoms with van der Waals surface area (Å²) in [7, 11) is 0. The number of benzene rings is 1. The third-order valence-electron chi connectivity index (χ3n) is 4.72. The molecule has 1 aliphatic heterocycles. The molecule has 3 aromatic rings. The van der Waals surface area contributed by atoms with E-state index in [9.17, 15) is 4.79 Å². The van der Waals surface area contributed by atoms with Gasteiger partial charge < -0.3 is 14.8 Å². The summed E-state index contributed by atoms with van der Waals surface area (Å²) in [5, 5.41) is 10.0. The lowest BCUT2D eigenvalue weighted by Crippen LogP contribution is -2.30. The number of nitrogens with one attached hydrogen (secondary N) is 1. The normalized spacial score (nSPS) is 13.9. The van der Waals surface area contributed by atoms with Crippen molar-refractivity contribution >= 4 is 17.2 Å². The van der Waals surface area contributed by atoms with Gasteiger partial charge in [0.25, 0.3) is 5.91 Å². The fraction of sp³-hybridized carbons (Fsp3) is 0.381. The van der Waals surface area contributed by atoms with Gasteiger partial charge in [0.15, 0.2) is 11.5 Å². The monoisotopic (exact) mass is 412 g/mol. The van der Waals surface area contributed by atoms with Crippen molar-refractivity contribution in [2.24, 2.45) is 5.92 Å². The molecule has 1 amide bonds. The van der Waals surface area contributed by atoms with Crippen molar-refractivity contribution in [3.05, 3.63) is 46.7 Å². The molecule has 1 atom stereocenters. The van der Waals surface area contributed by atoms with Crippen LogP contribution in [0.3, 0.4) is 0 Å². The lowest BCUT2D eigenvalue weighted by Gasteiger charge is -2.18. The van der Waals surface area contributed by atoms with Crippen molar-refractivity contribution in [3.8, 4) is 22.1 Å². The van der Waals surface area contributed by atoms with Gasteiger partial charge in [-0.25, -0.2) is 4.98 Å². The van der Waals surface area contributed by atoms with E-state index in [0.29, 0.717) is 31.2 Å². The maximum atomic E-state index is 12.5. The minimum Gasteiger partial charge on any atom is -0.486 e. The Kier molecular flexibility index (Phi) is 5.53. The summed E-state index contributed by atoms with van der Waals surface area (Å²) in [5.74, 6) is 1.55. The molecule has 3 heterocycles. The highest BCUT2D eigenvalue weighted by molar-refractivity contribution is 7.13. The van der Waals surface area contributed by atoms with Gasteiger partial charge in [-0.05, 0) is 44.0 Å². The number of carbonyl (C=O) groups is 1. The molecule has 152 valence electrons. The molecular formula is C21H24N4O3S. The van der Waals surface area contributed by atoms with Crippen LogP contribution in [0.5, 0.6) is 11.5 Å². The summed E-state index contributed by atoms with van der Waals surface area (Å²) in [6.07, 6.45) is 0. The van der Waals surface area contributed by atoms with Crippen LogP contribution < -0.4 is 14.8 Å². The van der Waals surface area contributed by atoms with Crippen LogP contribution in [0.1, 0.15) is 28.8 Å². The minimum atomic E-state index is -0.162. The Morgan fingerprint density at radius 2 is 2.03 bits per heavy atom. The summed E-state index contributed by atoms with van der Waals surface area (Å²) in [6, 6.07) is 7.78. The second kappa shape index (κ2) is 8.24. The molecule has 0 saturated carbocycles. The Hall–Kier alpha value is -2.87. The molecule has 0 fully saturated rings. The number of thiazole rings is 1. The van der Waals surface area contributed by atoms with Crippen molar-refractivity contribution in [1.29, 1.82) is 0 Å². The Morgan fingerprint density at radius 1 is 1.24 bits per heavy atom. The van der Waals surface area contributed by atoms with Crippen LogP contribution in [0.15, 0.2) is 29.6 Å². The summed E-state index contributed by atoms with van der Waals surface area (Å²) in [6.45, 7) is 8.55. The van der Waals surface area contributed by atoms with Crippen LogP contribution >= 0.6 is 11.3 Å². The van der Waals surface area contributed by atoms with Crippen LogP contribution in [0.4, 0.5) is 0 Å². The van der Waals surface area contributed by atoms with E-state index >= 15 is 0 Å². The molecule has 1 aliphatic rings. The van der Waals surface area contributed by atoms with E-state index in [1.165, 1.54) is 11.3 Å². The lowest BCUT2D eigenvalue weighted by atomic mass is 10.2. The van der Waals surface area contributed by atoms with Gasteiger partial charge in [0.1, 0.15) is 23.9 Å². The van der Waals surface area contributed by atoms with E-state index in [1.54, 1.807) is 5.38 Å². The third-order valence-corrected chi connectivity index (χ3v) is 5.62. The number of amides is 1. The summed E-state index contributed by atoms with van der Waals surface area (Å²) in [4.78, 5) is 17.0. The summed E-state index contributed by atoms with van der Waals surface area (Å²) < 4.78 is 13.2. The van der Waals surface area contributed by atoms with Gasteiger partial charge in [0.2, 0.25) is 0 Å². The number of rotatable bonds is 6. The maximum absolute atomic E-state index is 12.5. The second-order valence-electron chi connectivity index (χ2n) is 7.32. The Balaban J connectivity index is 1.36. The molecule has 29 heavy (non-hydrogen) atoms. The Labute approximate surface area is 173 Å². The number of nitrogens with zero attached hydrogens (tertiary/aromatic N) is 3. The fourth-order valence-electron chi connectivity index (χ4n) is 3.26. The van der Waals surface area contributed by atoms with Gasteiger partial charge in [0.05, 0.1) is 5.69 Å². The average Bonchev–Trinajstić information content (AvgIpc) is 3.32. The van der Waals surface area contributed by atoms with Gasteiger partial charge >= 0.3 is 0 Å². The van der Waals surface area contributed by atoms with E-state index in [4.69, 9.17) is 9.47 Å². The highest BCUT2D eigenvalue weighted by Crippen LogP contribution is 2.35. The number of carbonyl (C=O) groups excluding carboxylic acids is 1. The largest absolute Gasteiger partial charge is 0.486 e. The van der Waals surface area contributed by atoms with Gasteiger partial charge in [-0.1, -0.05) is 6.92 Å². The number of hydrogen-bond donors (Lipinski definition) is 1. The average molecular weight is 413 g/mol. The topological polar surface area (TPSA) is 78.3 Å². The molecule has 1 N–H and O–H groups in total. The first kappa shape index (κ1) is 19.4. The van der Waals surface area contributed by atoms with Crippen LogP contribution in [0.2, 0.25) is 0 Å². The highest BCUT2D eigenvalue weighted by Gasteiger charge is 2.16.